The first-order chi connectivity index (χ1) is 5.99. The van der Waals surface area contributed by atoms with Gasteiger partial charge in [0.25, 0.3) is 0 Å². The molecule has 0 aliphatic carbocycles. The lowest BCUT2D eigenvalue weighted by molar-refractivity contribution is 0.587. The molecule has 0 amide bonds. The molecule has 72 valence electrons. The molecule has 0 atom stereocenters. The molecule has 0 saturated carbocycles. The zero-order valence-corrected chi connectivity index (χ0v) is 10.3. The average Bonchev–Trinajstić information content (AvgIpc) is 2.09. The summed E-state index contributed by atoms with van der Waals surface area (Å²) in [6, 6.07) is 5.22. The Labute approximate surface area is 91.7 Å². The number of sulfonamides is 1. The molecule has 1 N–H and O–H groups in total. The van der Waals surface area contributed by atoms with Crippen LogP contribution in [0.2, 0.25) is 0 Å². The van der Waals surface area contributed by atoms with Gasteiger partial charge < -0.3 is 0 Å². The highest BCUT2D eigenvalue weighted by Gasteiger charge is 2.14. The van der Waals surface area contributed by atoms with Gasteiger partial charge in [0.1, 0.15) is 0 Å². The Hall–Kier alpha value is -0.140. The van der Waals surface area contributed by atoms with Crippen molar-refractivity contribution in [1.82, 2.24) is 4.72 Å². The molecule has 0 aromatic heterocycles. The molecule has 0 spiro atoms. The second kappa shape index (κ2) is 3.93. The maximum atomic E-state index is 11.5. The lowest BCUT2D eigenvalue weighted by Crippen LogP contribution is -2.19. The Kier molecular flexibility index (Phi) is 3.31. The molecule has 1 aromatic carbocycles. The van der Waals surface area contributed by atoms with Crippen LogP contribution in [0.15, 0.2) is 23.1 Å². The predicted molar refractivity (Wildman–Crippen MR) is 60.1 cm³/mol. The van der Waals surface area contributed by atoms with Crippen molar-refractivity contribution < 1.29 is 8.42 Å². The van der Waals surface area contributed by atoms with Gasteiger partial charge in [0, 0.05) is 3.57 Å². The van der Waals surface area contributed by atoms with Crippen LogP contribution in [0.1, 0.15) is 5.56 Å². The Morgan fingerprint density at radius 1 is 1.38 bits per heavy atom. The van der Waals surface area contributed by atoms with Crippen LogP contribution in [0.25, 0.3) is 0 Å². The first-order valence-electron chi connectivity index (χ1n) is 3.67. The summed E-state index contributed by atoms with van der Waals surface area (Å²) in [5, 5.41) is 0. The van der Waals surface area contributed by atoms with E-state index in [9.17, 15) is 8.42 Å². The van der Waals surface area contributed by atoms with Crippen LogP contribution in [0.5, 0.6) is 0 Å². The summed E-state index contributed by atoms with van der Waals surface area (Å²) in [6.45, 7) is 1.80. The Morgan fingerprint density at radius 2 is 2.00 bits per heavy atom. The van der Waals surface area contributed by atoms with Gasteiger partial charge in [-0.3, -0.25) is 0 Å². The molecule has 0 heterocycles. The predicted octanol–water partition coefficient (Wildman–Crippen LogP) is 1.51. The van der Waals surface area contributed by atoms with Gasteiger partial charge in [-0.05, 0) is 54.3 Å². The molecular weight excluding hydrogens is 301 g/mol. The molecule has 3 nitrogen and oxygen atoms in total. The van der Waals surface area contributed by atoms with E-state index in [0.717, 1.165) is 9.13 Å². The molecule has 0 radical (unpaired) electrons. The van der Waals surface area contributed by atoms with Crippen LogP contribution in [-0.4, -0.2) is 15.5 Å². The summed E-state index contributed by atoms with van der Waals surface area (Å²) in [7, 11) is -1.89. The van der Waals surface area contributed by atoms with E-state index in [0.29, 0.717) is 4.90 Å². The van der Waals surface area contributed by atoms with E-state index >= 15 is 0 Å². The average molecular weight is 311 g/mol. The van der Waals surface area contributed by atoms with E-state index in [1.807, 2.05) is 6.07 Å². The first kappa shape index (κ1) is 10.9. The molecule has 0 fully saturated rings. The van der Waals surface area contributed by atoms with Crippen LogP contribution in [-0.2, 0) is 10.0 Å². The van der Waals surface area contributed by atoms with Gasteiger partial charge in [0.15, 0.2) is 0 Å². The molecule has 1 aromatic rings. The van der Waals surface area contributed by atoms with Crippen molar-refractivity contribution >= 4 is 32.6 Å². The number of hydrogen-bond acceptors (Lipinski definition) is 2. The number of hydrogen-bond donors (Lipinski definition) is 1. The van der Waals surface area contributed by atoms with Crippen molar-refractivity contribution in [3.05, 3.63) is 27.3 Å². The standard InChI is InChI=1S/C8H10INO2S/c1-6-7(9)4-3-5-8(6)13(11,12)10-2/h3-5,10H,1-2H3. The maximum Gasteiger partial charge on any atom is 0.240 e. The molecule has 0 saturated heterocycles. The van der Waals surface area contributed by atoms with Crippen molar-refractivity contribution in [2.45, 2.75) is 11.8 Å². The van der Waals surface area contributed by atoms with E-state index in [4.69, 9.17) is 0 Å². The summed E-state index contributed by atoms with van der Waals surface area (Å²) in [5.41, 5.74) is 0.789. The minimum Gasteiger partial charge on any atom is -0.214 e. The zero-order valence-electron chi connectivity index (χ0n) is 7.33. The fourth-order valence-electron chi connectivity index (χ4n) is 0.989. The zero-order chi connectivity index (χ0) is 10.1. The lowest BCUT2D eigenvalue weighted by Gasteiger charge is -2.06. The highest BCUT2D eigenvalue weighted by molar-refractivity contribution is 14.1. The summed E-state index contributed by atoms with van der Waals surface area (Å²) in [4.78, 5) is 0.349. The normalized spacial score (nSPS) is 11.6. The van der Waals surface area contributed by atoms with Crippen LogP contribution >= 0.6 is 22.6 Å². The van der Waals surface area contributed by atoms with Crippen molar-refractivity contribution in [1.29, 1.82) is 0 Å². The van der Waals surface area contributed by atoms with Crippen molar-refractivity contribution in [2.75, 3.05) is 7.05 Å². The van der Waals surface area contributed by atoms with Crippen LogP contribution in [0.3, 0.4) is 0 Å². The number of nitrogens with one attached hydrogen (secondary N) is 1. The summed E-state index contributed by atoms with van der Waals surface area (Å²) >= 11 is 2.11. The van der Waals surface area contributed by atoms with Crippen molar-refractivity contribution in [3.63, 3.8) is 0 Å². The molecule has 0 aliphatic rings. The topological polar surface area (TPSA) is 46.2 Å². The lowest BCUT2D eigenvalue weighted by atomic mass is 10.2. The SMILES string of the molecule is CNS(=O)(=O)c1cccc(I)c1C. The van der Waals surface area contributed by atoms with Gasteiger partial charge >= 0.3 is 0 Å². The smallest absolute Gasteiger partial charge is 0.214 e. The number of benzene rings is 1. The van der Waals surface area contributed by atoms with E-state index in [1.165, 1.54) is 7.05 Å². The summed E-state index contributed by atoms with van der Waals surface area (Å²) < 4.78 is 26.2. The second-order valence-corrected chi connectivity index (χ2v) is 5.59. The maximum absolute atomic E-state index is 11.5. The van der Waals surface area contributed by atoms with E-state index in [2.05, 4.69) is 27.3 Å². The molecule has 5 heteroatoms. The molecular formula is C8H10INO2S. The molecule has 0 aliphatic heterocycles. The monoisotopic (exact) mass is 311 g/mol. The largest absolute Gasteiger partial charge is 0.240 e. The quantitative estimate of drug-likeness (QED) is 0.842. The number of halogens is 1. The first-order valence-corrected chi connectivity index (χ1v) is 6.24. The Balaban J connectivity index is 3.40. The summed E-state index contributed by atoms with van der Waals surface area (Å²) in [6.07, 6.45) is 0. The Morgan fingerprint density at radius 3 is 2.54 bits per heavy atom. The fraction of sp³-hybridized carbons (Fsp3) is 0.250. The molecule has 0 unspecified atom stereocenters. The minimum atomic E-state index is -3.31. The van der Waals surface area contributed by atoms with E-state index in [-0.39, 0.29) is 0 Å². The van der Waals surface area contributed by atoms with Crippen LogP contribution in [0, 0.1) is 10.5 Å². The van der Waals surface area contributed by atoms with Gasteiger partial charge in [0.05, 0.1) is 4.90 Å². The van der Waals surface area contributed by atoms with Crippen molar-refractivity contribution in [3.8, 4) is 0 Å². The minimum absolute atomic E-state index is 0.349. The van der Waals surface area contributed by atoms with Crippen LogP contribution < -0.4 is 4.72 Å². The molecule has 0 bridgehead atoms. The third-order valence-corrected chi connectivity index (χ3v) is 4.50. The second-order valence-electron chi connectivity index (χ2n) is 2.57. The van der Waals surface area contributed by atoms with Crippen LogP contribution in [0.4, 0.5) is 0 Å². The Bertz CT molecular complexity index is 414. The highest BCUT2D eigenvalue weighted by atomic mass is 127. The van der Waals surface area contributed by atoms with Crippen molar-refractivity contribution in [2.24, 2.45) is 0 Å². The fourth-order valence-corrected chi connectivity index (χ4v) is 2.66. The van der Waals surface area contributed by atoms with E-state index < -0.39 is 10.0 Å². The number of rotatable bonds is 2. The van der Waals surface area contributed by atoms with Gasteiger partial charge in [-0.25, -0.2) is 13.1 Å². The van der Waals surface area contributed by atoms with E-state index in [1.54, 1.807) is 19.1 Å². The van der Waals surface area contributed by atoms with Gasteiger partial charge in [-0.1, -0.05) is 6.07 Å². The van der Waals surface area contributed by atoms with Gasteiger partial charge in [-0.2, -0.15) is 0 Å². The molecule has 1 rings (SSSR count). The van der Waals surface area contributed by atoms with Gasteiger partial charge in [-0.15, -0.1) is 0 Å². The van der Waals surface area contributed by atoms with Gasteiger partial charge in [0.2, 0.25) is 10.0 Å². The highest BCUT2D eigenvalue weighted by Crippen LogP contribution is 2.19. The summed E-state index contributed by atoms with van der Waals surface area (Å²) in [5.74, 6) is 0. The molecule has 13 heavy (non-hydrogen) atoms. The third kappa shape index (κ3) is 2.21. The third-order valence-electron chi connectivity index (χ3n) is 1.78.